The van der Waals surface area contributed by atoms with E-state index in [2.05, 4.69) is 15.0 Å². The predicted molar refractivity (Wildman–Crippen MR) is 78.9 cm³/mol. The first kappa shape index (κ1) is 16.2. The summed E-state index contributed by atoms with van der Waals surface area (Å²) < 4.78 is 8.84. The van der Waals surface area contributed by atoms with Crippen molar-refractivity contribution in [3.8, 4) is 0 Å². The normalized spacial score (nSPS) is 10.4. The van der Waals surface area contributed by atoms with Crippen LogP contribution in [-0.4, -0.2) is 35.4 Å². The minimum absolute atomic E-state index is 0.0531. The highest BCUT2D eigenvalue weighted by Crippen LogP contribution is 2.27. The molecule has 0 aliphatic rings. The second kappa shape index (κ2) is 7.68. The number of rotatable bonds is 7. The standard InChI is InChI=1S/C12H20N4O3S/c1-4-19-12(18)9-10(13)16-20-11(9)14-6-5-8(17)15-7(2)3/h7,14H,4-6H2,1-3H3,(H2,13,16)(H,15,17). The summed E-state index contributed by atoms with van der Waals surface area (Å²) in [5, 5.41) is 6.30. The van der Waals surface area contributed by atoms with E-state index in [9.17, 15) is 9.59 Å². The Labute approximate surface area is 122 Å². The molecule has 0 fully saturated rings. The van der Waals surface area contributed by atoms with Gasteiger partial charge in [0.2, 0.25) is 5.91 Å². The molecular formula is C12H20N4O3S. The van der Waals surface area contributed by atoms with Crippen LogP contribution in [0.5, 0.6) is 0 Å². The van der Waals surface area contributed by atoms with Crippen LogP contribution in [0.1, 0.15) is 37.6 Å². The molecule has 1 aromatic rings. The molecule has 1 rings (SSSR count). The third kappa shape index (κ3) is 4.69. The van der Waals surface area contributed by atoms with E-state index >= 15 is 0 Å². The Bertz CT molecular complexity index is 473. The highest BCUT2D eigenvalue weighted by atomic mass is 32.1. The number of anilines is 2. The number of aromatic nitrogens is 1. The summed E-state index contributed by atoms with van der Waals surface area (Å²) in [5.41, 5.74) is 5.89. The second-order valence-electron chi connectivity index (χ2n) is 4.39. The molecule has 0 bridgehead atoms. The predicted octanol–water partition coefficient (Wildman–Crippen LogP) is 1.23. The second-order valence-corrected chi connectivity index (χ2v) is 5.16. The SMILES string of the molecule is CCOC(=O)c1c(N)nsc1NCCC(=O)NC(C)C. The van der Waals surface area contributed by atoms with E-state index in [-0.39, 0.29) is 29.9 Å². The topological polar surface area (TPSA) is 106 Å². The molecule has 20 heavy (non-hydrogen) atoms. The van der Waals surface area contributed by atoms with Crippen molar-refractivity contribution in [3.63, 3.8) is 0 Å². The van der Waals surface area contributed by atoms with Gasteiger partial charge >= 0.3 is 5.97 Å². The van der Waals surface area contributed by atoms with E-state index in [1.54, 1.807) is 6.92 Å². The van der Waals surface area contributed by atoms with E-state index in [0.29, 0.717) is 18.0 Å². The maximum atomic E-state index is 11.7. The number of ether oxygens (including phenoxy) is 1. The lowest BCUT2D eigenvalue weighted by Crippen LogP contribution is -2.31. The van der Waals surface area contributed by atoms with Crippen molar-refractivity contribution in [2.45, 2.75) is 33.2 Å². The minimum atomic E-state index is -0.507. The van der Waals surface area contributed by atoms with Crippen LogP contribution in [0.15, 0.2) is 0 Å². The average molecular weight is 300 g/mol. The van der Waals surface area contributed by atoms with Crippen molar-refractivity contribution in [2.75, 3.05) is 24.2 Å². The van der Waals surface area contributed by atoms with Gasteiger partial charge in [-0.15, -0.1) is 0 Å². The molecule has 0 aromatic carbocycles. The quantitative estimate of drug-likeness (QED) is 0.654. The molecule has 0 aliphatic carbocycles. The maximum Gasteiger partial charge on any atom is 0.344 e. The fraction of sp³-hybridized carbons (Fsp3) is 0.583. The molecule has 8 heteroatoms. The molecule has 0 atom stereocenters. The molecule has 1 amide bonds. The number of carbonyl (C=O) groups excluding carboxylic acids is 2. The van der Waals surface area contributed by atoms with Gasteiger partial charge in [0.05, 0.1) is 6.61 Å². The number of nitrogens with one attached hydrogen (secondary N) is 2. The van der Waals surface area contributed by atoms with Gasteiger partial charge in [-0.3, -0.25) is 4.79 Å². The first-order valence-corrected chi connectivity index (χ1v) is 7.18. The van der Waals surface area contributed by atoms with Crippen molar-refractivity contribution in [1.29, 1.82) is 0 Å². The zero-order chi connectivity index (χ0) is 15.1. The largest absolute Gasteiger partial charge is 0.462 e. The van der Waals surface area contributed by atoms with Crippen molar-refractivity contribution in [2.24, 2.45) is 0 Å². The number of carbonyl (C=O) groups is 2. The number of esters is 1. The van der Waals surface area contributed by atoms with Gasteiger partial charge in [-0.25, -0.2) is 4.79 Å². The van der Waals surface area contributed by atoms with Gasteiger partial charge in [-0.05, 0) is 32.3 Å². The maximum absolute atomic E-state index is 11.7. The van der Waals surface area contributed by atoms with Crippen LogP contribution in [0, 0.1) is 0 Å². The first-order chi connectivity index (χ1) is 9.45. The lowest BCUT2D eigenvalue weighted by molar-refractivity contribution is -0.121. The number of hydrogen-bond acceptors (Lipinski definition) is 7. The molecule has 0 saturated heterocycles. The first-order valence-electron chi connectivity index (χ1n) is 6.41. The summed E-state index contributed by atoms with van der Waals surface area (Å²) in [7, 11) is 0. The van der Waals surface area contributed by atoms with E-state index < -0.39 is 5.97 Å². The average Bonchev–Trinajstić information content (AvgIpc) is 2.70. The van der Waals surface area contributed by atoms with Gasteiger partial charge in [-0.1, -0.05) is 0 Å². The van der Waals surface area contributed by atoms with Gasteiger partial charge in [0.15, 0.2) is 5.82 Å². The number of amides is 1. The Morgan fingerprint density at radius 2 is 2.15 bits per heavy atom. The van der Waals surface area contributed by atoms with Crippen LogP contribution in [-0.2, 0) is 9.53 Å². The van der Waals surface area contributed by atoms with Crippen LogP contribution in [0.3, 0.4) is 0 Å². The van der Waals surface area contributed by atoms with Crippen LogP contribution in [0.25, 0.3) is 0 Å². The van der Waals surface area contributed by atoms with Gasteiger partial charge in [0.25, 0.3) is 0 Å². The Kier molecular flexibility index (Phi) is 6.23. The van der Waals surface area contributed by atoms with Crippen LogP contribution in [0.4, 0.5) is 10.8 Å². The fourth-order valence-electron chi connectivity index (χ4n) is 1.51. The highest BCUT2D eigenvalue weighted by Gasteiger charge is 2.20. The monoisotopic (exact) mass is 300 g/mol. The highest BCUT2D eigenvalue weighted by molar-refractivity contribution is 7.11. The van der Waals surface area contributed by atoms with Crippen LogP contribution >= 0.6 is 11.5 Å². The van der Waals surface area contributed by atoms with Gasteiger partial charge < -0.3 is 21.1 Å². The van der Waals surface area contributed by atoms with Crippen molar-refractivity contribution in [3.05, 3.63) is 5.56 Å². The number of nitrogens with zero attached hydrogens (tertiary/aromatic N) is 1. The minimum Gasteiger partial charge on any atom is -0.462 e. The molecule has 0 spiro atoms. The molecule has 4 N–H and O–H groups in total. The molecular weight excluding hydrogens is 280 g/mol. The van der Waals surface area contributed by atoms with E-state index in [0.717, 1.165) is 11.5 Å². The molecule has 1 aromatic heterocycles. The molecule has 0 saturated carbocycles. The van der Waals surface area contributed by atoms with Gasteiger partial charge in [0.1, 0.15) is 10.6 Å². The molecule has 112 valence electrons. The zero-order valence-corrected chi connectivity index (χ0v) is 12.7. The third-order valence-electron chi connectivity index (χ3n) is 2.29. The summed E-state index contributed by atoms with van der Waals surface area (Å²) in [6.45, 7) is 6.18. The Morgan fingerprint density at radius 1 is 1.45 bits per heavy atom. The Balaban J connectivity index is 2.56. The van der Waals surface area contributed by atoms with E-state index in [1.807, 2.05) is 13.8 Å². The molecule has 1 heterocycles. The molecule has 7 nitrogen and oxygen atoms in total. The molecule has 0 radical (unpaired) electrons. The van der Waals surface area contributed by atoms with Gasteiger partial charge in [-0.2, -0.15) is 4.37 Å². The number of hydrogen-bond donors (Lipinski definition) is 3. The Morgan fingerprint density at radius 3 is 2.75 bits per heavy atom. The summed E-state index contributed by atoms with van der Waals surface area (Å²) in [5.74, 6) is -0.418. The van der Waals surface area contributed by atoms with Crippen molar-refractivity contribution < 1.29 is 14.3 Å². The van der Waals surface area contributed by atoms with Crippen molar-refractivity contribution in [1.82, 2.24) is 9.69 Å². The number of nitrogen functional groups attached to an aromatic ring is 1. The summed E-state index contributed by atoms with van der Waals surface area (Å²) in [6, 6.07) is 0.108. The smallest absolute Gasteiger partial charge is 0.344 e. The van der Waals surface area contributed by atoms with Crippen LogP contribution in [0.2, 0.25) is 0 Å². The Hall–Kier alpha value is -1.83. The summed E-state index contributed by atoms with van der Waals surface area (Å²) in [4.78, 5) is 23.2. The van der Waals surface area contributed by atoms with Crippen molar-refractivity contribution >= 4 is 34.2 Å². The van der Waals surface area contributed by atoms with E-state index in [4.69, 9.17) is 10.5 Å². The fourth-order valence-corrected chi connectivity index (χ4v) is 2.23. The number of nitrogens with two attached hydrogens (primary N) is 1. The van der Waals surface area contributed by atoms with E-state index in [1.165, 1.54) is 0 Å². The molecule has 0 unspecified atom stereocenters. The van der Waals surface area contributed by atoms with Gasteiger partial charge in [0, 0.05) is 19.0 Å². The molecule has 0 aliphatic heterocycles. The summed E-state index contributed by atoms with van der Waals surface area (Å²) in [6.07, 6.45) is 0.304. The summed E-state index contributed by atoms with van der Waals surface area (Å²) >= 11 is 1.08. The van der Waals surface area contributed by atoms with Crippen LogP contribution < -0.4 is 16.4 Å². The third-order valence-corrected chi connectivity index (χ3v) is 3.10. The lowest BCUT2D eigenvalue weighted by atomic mass is 10.3. The lowest BCUT2D eigenvalue weighted by Gasteiger charge is -2.09. The zero-order valence-electron chi connectivity index (χ0n) is 11.9.